The molecule has 4 rings (SSSR count). The zero-order valence-corrected chi connectivity index (χ0v) is 18.8. The summed E-state index contributed by atoms with van der Waals surface area (Å²) in [6.45, 7) is 7.96. The van der Waals surface area contributed by atoms with Crippen LogP contribution in [0.2, 0.25) is 5.02 Å². The van der Waals surface area contributed by atoms with Gasteiger partial charge in [0.05, 0.1) is 18.0 Å². The number of fused-ring (bicyclic) bond motifs is 1. The molecule has 1 aromatic carbocycles. The molecule has 0 saturated carbocycles. The molecule has 3 saturated heterocycles. The summed E-state index contributed by atoms with van der Waals surface area (Å²) in [5.41, 5.74) is 1.33. The van der Waals surface area contributed by atoms with E-state index in [1.807, 2.05) is 6.92 Å². The Morgan fingerprint density at radius 3 is 2.58 bits per heavy atom. The Balaban J connectivity index is 1.50. The third kappa shape index (κ3) is 4.56. The lowest BCUT2D eigenvalue weighted by atomic mass is 9.80. The minimum absolute atomic E-state index is 0.0375. The second kappa shape index (κ2) is 8.76. The van der Waals surface area contributed by atoms with Gasteiger partial charge in [0, 0.05) is 30.2 Å². The van der Waals surface area contributed by atoms with Crippen LogP contribution in [0, 0.1) is 30.6 Å². The van der Waals surface area contributed by atoms with Crippen LogP contribution in [-0.4, -0.2) is 48.2 Å². The molecular weight excluding hydrogens is 418 g/mol. The van der Waals surface area contributed by atoms with Crippen molar-refractivity contribution in [2.75, 3.05) is 18.4 Å². The minimum atomic E-state index is -0.773. The molecule has 0 spiro atoms. The van der Waals surface area contributed by atoms with Gasteiger partial charge in [-0.25, -0.2) is 0 Å². The number of carbonyl (C=O) groups excluding carboxylic acids is 3. The van der Waals surface area contributed by atoms with E-state index in [0.717, 1.165) is 25.1 Å². The summed E-state index contributed by atoms with van der Waals surface area (Å²) in [6.07, 6.45) is 0.162. The van der Waals surface area contributed by atoms with Crippen LogP contribution in [0.4, 0.5) is 5.69 Å². The van der Waals surface area contributed by atoms with E-state index in [9.17, 15) is 14.4 Å². The van der Waals surface area contributed by atoms with Crippen LogP contribution in [-0.2, 0) is 14.4 Å². The van der Waals surface area contributed by atoms with E-state index >= 15 is 0 Å². The molecule has 3 heterocycles. The second-order valence-electron chi connectivity index (χ2n) is 9.26. The van der Waals surface area contributed by atoms with Gasteiger partial charge >= 0.3 is 0 Å². The topological polar surface area (TPSA) is 103 Å². The highest BCUT2D eigenvalue weighted by Gasteiger charge is 2.49. The summed E-state index contributed by atoms with van der Waals surface area (Å²) in [4.78, 5) is 40.8. The van der Waals surface area contributed by atoms with Crippen molar-refractivity contribution in [2.45, 2.75) is 46.1 Å². The number of amides is 3. The van der Waals surface area contributed by atoms with Crippen LogP contribution in [0.3, 0.4) is 0 Å². The summed E-state index contributed by atoms with van der Waals surface area (Å²) < 4.78 is 0. The number of nitrogens with one attached hydrogen (secondary N) is 4. The van der Waals surface area contributed by atoms with Crippen molar-refractivity contribution < 1.29 is 14.4 Å². The van der Waals surface area contributed by atoms with Gasteiger partial charge in [-0.1, -0.05) is 31.5 Å². The van der Waals surface area contributed by atoms with Crippen LogP contribution in [0.15, 0.2) is 18.2 Å². The number of hydrogen-bond acceptors (Lipinski definition) is 5. The number of anilines is 1. The number of halogens is 1. The number of piperidine rings is 2. The number of hydrogen-bond donors (Lipinski definition) is 4. The van der Waals surface area contributed by atoms with Crippen LogP contribution in [0.1, 0.15) is 32.3 Å². The molecule has 31 heavy (non-hydrogen) atoms. The third-order valence-corrected chi connectivity index (χ3v) is 6.97. The molecule has 0 aliphatic carbocycles. The second-order valence-corrected chi connectivity index (χ2v) is 9.67. The fourth-order valence-electron chi connectivity index (χ4n) is 5.15. The SMILES string of the molecule is Cc1c(Cl)cccc1NC(=O)C1CC(=O)NC2NC(N3CC(C)CC(C)C3)NC(=O)C21. The lowest BCUT2D eigenvalue weighted by Gasteiger charge is -2.48. The van der Waals surface area contributed by atoms with Crippen molar-refractivity contribution in [2.24, 2.45) is 23.7 Å². The monoisotopic (exact) mass is 447 g/mol. The standard InChI is InChI=1S/C22H30ClN5O3/c1-11-7-12(2)10-28(9-11)22-26-19-18(21(31)27-22)14(8-17(29)25-19)20(30)24-16-6-4-5-15(23)13(16)3/h4-6,11-12,14,18-19,22,26H,7-10H2,1-3H3,(H,24,30)(H,25,29)(H,27,31). The van der Waals surface area contributed by atoms with Gasteiger partial charge < -0.3 is 16.0 Å². The van der Waals surface area contributed by atoms with Gasteiger partial charge in [-0.15, -0.1) is 0 Å². The smallest absolute Gasteiger partial charge is 0.229 e. The van der Waals surface area contributed by atoms with Gasteiger partial charge in [-0.2, -0.15) is 0 Å². The highest BCUT2D eigenvalue weighted by atomic mass is 35.5. The van der Waals surface area contributed by atoms with E-state index < -0.39 is 18.0 Å². The molecule has 9 heteroatoms. The van der Waals surface area contributed by atoms with E-state index in [1.54, 1.807) is 18.2 Å². The predicted octanol–water partition coefficient (Wildman–Crippen LogP) is 1.65. The van der Waals surface area contributed by atoms with Gasteiger partial charge in [-0.05, 0) is 42.9 Å². The molecule has 3 fully saturated rings. The molecule has 6 atom stereocenters. The van der Waals surface area contributed by atoms with Gasteiger partial charge in [-0.3, -0.25) is 24.6 Å². The zero-order chi connectivity index (χ0) is 22.3. The quantitative estimate of drug-likeness (QED) is 0.564. The van der Waals surface area contributed by atoms with Crippen LogP contribution < -0.4 is 21.3 Å². The van der Waals surface area contributed by atoms with E-state index in [4.69, 9.17) is 11.6 Å². The number of nitrogens with zero attached hydrogens (tertiary/aromatic N) is 1. The molecule has 3 aliphatic heterocycles. The van der Waals surface area contributed by atoms with E-state index in [0.29, 0.717) is 22.5 Å². The van der Waals surface area contributed by atoms with Crippen LogP contribution in [0.25, 0.3) is 0 Å². The van der Waals surface area contributed by atoms with Crippen molar-refractivity contribution in [3.05, 3.63) is 28.8 Å². The molecule has 3 amide bonds. The first-order valence-electron chi connectivity index (χ1n) is 10.9. The summed E-state index contributed by atoms with van der Waals surface area (Å²) in [5, 5.41) is 12.7. The van der Waals surface area contributed by atoms with Gasteiger partial charge in [0.1, 0.15) is 6.29 Å². The summed E-state index contributed by atoms with van der Waals surface area (Å²) in [5.74, 6) is -1.22. The maximum Gasteiger partial charge on any atom is 0.229 e. The first kappa shape index (κ1) is 22.0. The molecule has 4 N–H and O–H groups in total. The molecule has 8 nitrogen and oxygen atoms in total. The normalized spacial score (nSPS) is 33.8. The first-order valence-corrected chi connectivity index (χ1v) is 11.3. The Labute approximate surface area is 187 Å². The number of carbonyl (C=O) groups is 3. The predicted molar refractivity (Wildman–Crippen MR) is 118 cm³/mol. The fraction of sp³-hybridized carbons (Fsp3) is 0.591. The minimum Gasteiger partial charge on any atom is -0.340 e. The maximum atomic E-state index is 13.1. The van der Waals surface area contributed by atoms with E-state index in [1.165, 1.54) is 0 Å². The molecule has 0 radical (unpaired) electrons. The fourth-order valence-corrected chi connectivity index (χ4v) is 5.32. The average molecular weight is 448 g/mol. The Morgan fingerprint density at radius 2 is 1.87 bits per heavy atom. The molecule has 0 aromatic heterocycles. The average Bonchev–Trinajstić information content (AvgIpc) is 2.69. The van der Waals surface area contributed by atoms with Crippen molar-refractivity contribution in [1.82, 2.24) is 20.9 Å². The highest BCUT2D eigenvalue weighted by Crippen LogP contribution is 2.31. The molecule has 168 valence electrons. The van der Waals surface area contributed by atoms with E-state index in [-0.39, 0.29) is 30.4 Å². The maximum absolute atomic E-state index is 13.1. The summed E-state index contributed by atoms with van der Waals surface area (Å²) in [7, 11) is 0. The third-order valence-electron chi connectivity index (χ3n) is 6.56. The molecule has 0 bridgehead atoms. The molecule has 1 aromatic rings. The van der Waals surface area contributed by atoms with Crippen molar-refractivity contribution in [3.8, 4) is 0 Å². The molecular formula is C22H30ClN5O3. The van der Waals surface area contributed by atoms with Crippen molar-refractivity contribution >= 4 is 35.0 Å². The zero-order valence-electron chi connectivity index (χ0n) is 18.1. The van der Waals surface area contributed by atoms with Crippen LogP contribution >= 0.6 is 11.6 Å². The van der Waals surface area contributed by atoms with Crippen molar-refractivity contribution in [3.63, 3.8) is 0 Å². The lowest BCUT2D eigenvalue weighted by Crippen LogP contribution is -2.75. The lowest BCUT2D eigenvalue weighted by molar-refractivity contribution is -0.148. The Hall–Kier alpha value is -2.16. The Kier molecular flexibility index (Phi) is 6.23. The largest absolute Gasteiger partial charge is 0.340 e. The number of benzene rings is 1. The Morgan fingerprint density at radius 1 is 1.16 bits per heavy atom. The molecule has 6 unspecified atom stereocenters. The van der Waals surface area contributed by atoms with Gasteiger partial charge in [0.15, 0.2) is 0 Å². The molecule has 3 aliphatic rings. The van der Waals surface area contributed by atoms with Crippen molar-refractivity contribution in [1.29, 1.82) is 0 Å². The number of rotatable bonds is 3. The van der Waals surface area contributed by atoms with Gasteiger partial charge in [0.2, 0.25) is 17.7 Å². The first-order chi connectivity index (χ1) is 14.7. The summed E-state index contributed by atoms with van der Waals surface area (Å²) in [6, 6.07) is 5.26. The van der Waals surface area contributed by atoms with Crippen LogP contribution in [0.5, 0.6) is 0 Å². The number of likely N-dealkylation sites (tertiary alicyclic amines) is 1. The summed E-state index contributed by atoms with van der Waals surface area (Å²) >= 11 is 6.16. The van der Waals surface area contributed by atoms with Gasteiger partial charge in [0.25, 0.3) is 0 Å². The Bertz CT molecular complexity index is 884. The highest BCUT2D eigenvalue weighted by molar-refractivity contribution is 6.31. The van der Waals surface area contributed by atoms with E-state index in [2.05, 4.69) is 40.0 Å².